The highest BCUT2D eigenvalue weighted by Crippen LogP contribution is 2.36. The van der Waals surface area contributed by atoms with E-state index in [-0.39, 0.29) is 35.5 Å². The van der Waals surface area contributed by atoms with E-state index in [0.29, 0.717) is 5.56 Å². The molecule has 0 saturated carbocycles. The van der Waals surface area contributed by atoms with Crippen LogP contribution in [0.3, 0.4) is 0 Å². The number of aromatic hydroxyl groups is 2. The lowest BCUT2D eigenvalue weighted by Gasteiger charge is -2.12. The maximum Gasteiger partial charge on any atom is 0.336 e. The number of unbranched alkanes of at least 4 members (excludes halogenated alkanes) is 3. The summed E-state index contributed by atoms with van der Waals surface area (Å²) in [5, 5.41) is 30.4. The van der Waals surface area contributed by atoms with Gasteiger partial charge in [0, 0.05) is 24.0 Å². The third-order valence-electron chi connectivity index (χ3n) is 4.74. The summed E-state index contributed by atoms with van der Waals surface area (Å²) >= 11 is 0. The molecule has 0 unspecified atom stereocenters. The number of carboxylic acids is 1. The minimum Gasteiger partial charge on any atom is -0.504 e. The van der Waals surface area contributed by atoms with Crippen molar-refractivity contribution in [3.63, 3.8) is 0 Å². The summed E-state index contributed by atoms with van der Waals surface area (Å²) in [4.78, 5) is 11.7. The van der Waals surface area contributed by atoms with Crippen LogP contribution in [0.1, 0.15) is 87.7 Å². The Balaban J connectivity index is 3.00. The van der Waals surface area contributed by atoms with Gasteiger partial charge < -0.3 is 15.3 Å². The fraction of sp³-hybridized carbons (Fsp3) is 0.480. The number of carbonyl (C=O) groups is 1. The number of hydrogen-bond acceptors (Lipinski definition) is 3. The van der Waals surface area contributed by atoms with Crippen LogP contribution in [0.15, 0.2) is 29.4 Å². The summed E-state index contributed by atoms with van der Waals surface area (Å²) in [6.45, 7) is 8.22. The van der Waals surface area contributed by atoms with E-state index in [1.807, 2.05) is 13.0 Å². The first-order valence-electron chi connectivity index (χ1n) is 10.3. The topological polar surface area (TPSA) is 77.8 Å². The van der Waals surface area contributed by atoms with Crippen molar-refractivity contribution in [3.05, 3.63) is 46.1 Å². The minimum absolute atomic E-state index is 0.0106. The molecule has 158 valence electrons. The van der Waals surface area contributed by atoms with Crippen molar-refractivity contribution in [1.82, 2.24) is 0 Å². The van der Waals surface area contributed by atoms with Crippen molar-refractivity contribution in [2.24, 2.45) is 0 Å². The predicted molar refractivity (Wildman–Crippen MR) is 118 cm³/mol. The van der Waals surface area contributed by atoms with Crippen molar-refractivity contribution in [3.8, 4) is 23.3 Å². The van der Waals surface area contributed by atoms with Gasteiger partial charge in [0.05, 0.1) is 5.56 Å². The molecule has 29 heavy (non-hydrogen) atoms. The largest absolute Gasteiger partial charge is 0.504 e. The van der Waals surface area contributed by atoms with Crippen LogP contribution >= 0.6 is 0 Å². The van der Waals surface area contributed by atoms with Crippen molar-refractivity contribution in [2.75, 3.05) is 0 Å². The Kier molecular flexibility index (Phi) is 10.7. The zero-order valence-electron chi connectivity index (χ0n) is 18.1. The first-order chi connectivity index (χ1) is 13.8. The Morgan fingerprint density at radius 3 is 2.41 bits per heavy atom. The summed E-state index contributed by atoms with van der Waals surface area (Å²) in [6, 6.07) is 1.43. The molecule has 0 aliphatic rings. The molecule has 3 N–H and O–H groups in total. The van der Waals surface area contributed by atoms with Crippen LogP contribution in [0.4, 0.5) is 0 Å². The summed E-state index contributed by atoms with van der Waals surface area (Å²) < 4.78 is 0. The van der Waals surface area contributed by atoms with Gasteiger partial charge in [0.2, 0.25) is 0 Å². The second kappa shape index (κ2) is 12.7. The number of hydrogen-bond donors (Lipinski definition) is 3. The number of carboxylic acid groups (broad SMARTS) is 1. The summed E-state index contributed by atoms with van der Waals surface area (Å²) in [6.07, 6.45) is 10.4. The monoisotopic (exact) mass is 398 g/mol. The van der Waals surface area contributed by atoms with Crippen molar-refractivity contribution < 1.29 is 20.1 Å². The molecule has 0 atom stereocenters. The molecule has 0 aliphatic carbocycles. The molecule has 1 aromatic carbocycles. The van der Waals surface area contributed by atoms with Crippen LogP contribution in [0, 0.1) is 11.8 Å². The summed E-state index contributed by atoms with van der Waals surface area (Å²) in [5.74, 6) is 4.25. The Labute approximate surface area is 175 Å². The summed E-state index contributed by atoms with van der Waals surface area (Å²) in [7, 11) is 0. The third kappa shape index (κ3) is 8.48. The van der Waals surface area contributed by atoms with Gasteiger partial charge in [-0.15, -0.1) is 5.92 Å². The van der Waals surface area contributed by atoms with Gasteiger partial charge in [0.15, 0.2) is 11.5 Å². The first-order valence-corrected chi connectivity index (χ1v) is 10.3. The molecule has 0 bridgehead atoms. The second-order valence-electron chi connectivity index (χ2n) is 7.63. The maximum atomic E-state index is 11.7. The number of phenolic OH excluding ortho intramolecular Hbond substituents is 2. The van der Waals surface area contributed by atoms with E-state index in [1.54, 1.807) is 0 Å². The standard InChI is InChI=1S/C25H34O4/c1-5-6-7-8-9-10-14-20-17-22(25(28)29)21(24(27)23(20)26)16-15-19(4)13-11-12-18(2)3/h12,15,17,26-27H,5-8,11,13-14,16H2,1-4H3,(H,28,29)/b19-15+. The average Bonchev–Trinajstić information content (AvgIpc) is 2.66. The highest BCUT2D eigenvalue weighted by atomic mass is 16.4. The normalized spacial score (nSPS) is 11.0. The van der Waals surface area contributed by atoms with Crippen LogP contribution in [0.2, 0.25) is 0 Å². The van der Waals surface area contributed by atoms with E-state index in [9.17, 15) is 20.1 Å². The van der Waals surface area contributed by atoms with Gasteiger partial charge in [-0.25, -0.2) is 4.79 Å². The Bertz CT molecular complexity index is 815. The first kappa shape index (κ1) is 24.4. The van der Waals surface area contributed by atoms with Crippen LogP contribution < -0.4 is 0 Å². The number of rotatable bonds is 10. The van der Waals surface area contributed by atoms with Gasteiger partial charge in [0.1, 0.15) is 0 Å². The quantitative estimate of drug-likeness (QED) is 0.191. The molecule has 0 spiro atoms. The minimum atomic E-state index is -1.12. The van der Waals surface area contributed by atoms with Gasteiger partial charge in [-0.3, -0.25) is 0 Å². The zero-order valence-corrected chi connectivity index (χ0v) is 18.1. The van der Waals surface area contributed by atoms with E-state index in [1.165, 1.54) is 11.6 Å². The van der Waals surface area contributed by atoms with E-state index < -0.39 is 5.97 Å². The summed E-state index contributed by atoms with van der Waals surface area (Å²) in [5.41, 5.74) is 2.96. The van der Waals surface area contributed by atoms with Gasteiger partial charge in [-0.05, 0) is 52.5 Å². The molecule has 0 aliphatic heterocycles. The van der Waals surface area contributed by atoms with Crippen LogP contribution in [-0.2, 0) is 12.8 Å². The fourth-order valence-electron chi connectivity index (χ4n) is 2.96. The second-order valence-corrected chi connectivity index (χ2v) is 7.63. The average molecular weight is 399 g/mol. The molecule has 0 heterocycles. The van der Waals surface area contributed by atoms with Crippen molar-refractivity contribution >= 4 is 5.97 Å². The molecule has 1 aromatic rings. The fourth-order valence-corrected chi connectivity index (χ4v) is 2.96. The van der Waals surface area contributed by atoms with Crippen molar-refractivity contribution in [2.45, 2.75) is 79.1 Å². The Morgan fingerprint density at radius 1 is 1.07 bits per heavy atom. The number of allylic oxidation sites excluding steroid dienone is 4. The highest BCUT2D eigenvalue weighted by Gasteiger charge is 2.20. The number of aromatic carboxylic acids is 1. The third-order valence-corrected chi connectivity index (χ3v) is 4.74. The molecule has 0 radical (unpaired) electrons. The molecule has 0 saturated heterocycles. The number of benzene rings is 1. The van der Waals surface area contributed by atoms with Crippen LogP contribution in [0.25, 0.3) is 0 Å². The molecule has 1 rings (SSSR count). The predicted octanol–water partition coefficient (Wildman–Crippen LogP) is 6.16. The van der Waals surface area contributed by atoms with Gasteiger partial charge >= 0.3 is 5.97 Å². The van der Waals surface area contributed by atoms with E-state index in [2.05, 4.69) is 38.7 Å². The van der Waals surface area contributed by atoms with Crippen LogP contribution in [-0.4, -0.2) is 21.3 Å². The lowest BCUT2D eigenvalue weighted by Crippen LogP contribution is -2.04. The molecule has 0 amide bonds. The van der Waals surface area contributed by atoms with Gasteiger partial charge in [-0.2, -0.15) is 0 Å². The van der Waals surface area contributed by atoms with E-state index in [0.717, 1.165) is 44.1 Å². The van der Waals surface area contributed by atoms with Crippen LogP contribution in [0.5, 0.6) is 11.5 Å². The lowest BCUT2D eigenvalue weighted by atomic mass is 9.96. The Morgan fingerprint density at radius 2 is 1.79 bits per heavy atom. The molecular formula is C25H34O4. The van der Waals surface area contributed by atoms with E-state index >= 15 is 0 Å². The highest BCUT2D eigenvalue weighted by molar-refractivity contribution is 5.91. The van der Waals surface area contributed by atoms with Gasteiger partial charge in [-0.1, -0.05) is 49.0 Å². The molecular weight excluding hydrogens is 364 g/mol. The molecule has 0 fully saturated rings. The SMILES string of the molecule is CCCCCC#CCc1cc(C(=O)O)c(C/C=C(\C)CCC=C(C)C)c(O)c1O. The zero-order chi connectivity index (χ0) is 21.8. The maximum absolute atomic E-state index is 11.7. The smallest absolute Gasteiger partial charge is 0.336 e. The molecule has 4 heteroatoms. The molecule has 0 aromatic heterocycles. The number of phenols is 2. The van der Waals surface area contributed by atoms with Crippen molar-refractivity contribution in [1.29, 1.82) is 0 Å². The lowest BCUT2D eigenvalue weighted by molar-refractivity contribution is 0.0695. The van der Waals surface area contributed by atoms with Gasteiger partial charge in [0.25, 0.3) is 0 Å². The Hall–Kier alpha value is -2.67. The molecule has 4 nitrogen and oxygen atoms in total. The van der Waals surface area contributed by atoms with E-state index in [4.69, 9.17) is 0 Å².